The molecule has 0 aliphatic carbocycles. The number of rotatable bonds is 3. The first-order valence-electron chi connectivity index (χ1n) is 5.63. The van der Waals surface area contributed by atoms with Gasteiger partial charge in [-0.1, -0.05) is 6.07 Å². The van der Waals surface area contributed by atoms with Gasteiger partial charge in [-0.3, -0.25) is 4.79 Å². The predicted molar refractivity (Wildman–Crippen MR) is 73.9 cm³/mol. The van der Waals surface area contributed by atoms with Gasteiger partial charge in [0.15, 0.2) is 9.84 Å². The van der Waals surface area contributed by atoms with Crippen LogP contribution in [0.3, 0.4) is 0 Å². The van der Waals surface area contributed by atoms with E-state index in [2.05, 4.69) is 12.6 Å². The molecule has 0 bridgehead atoms. The third-order valence-electron chi connectivity index (χ3n) is 3.02. The number of carbonyl (C=O) groups excluding carboxylic acids is 1. The zero-order valence-corrected chi connectivity index (χ0v) is 11.7. The number of amides is 1. The molecule has 1 aliphatic heterocycles. The molecule has 18 heavy (non-hydrogen) atoms. The minimum Gasteiger partial charge on any atom is -0.312 e. The van der Waals surface area contributed by atoms with Crippen molar-refractivity contribution >= 4 is 34.1 Å². The second-order valence-electron chi connectivity index (χ2n) is 4.53. The fourth-order valence-electron chi connectivity index (χ4n) is 2.04. The molecule has 0 spiro atoms. The molecule has 0 saturated carbocycles. The lowest BCUT2D eigenvalue weighted by atomic mass is 10.1. The van der Waals surface area contributed by atoms with Crippen LogP contribution in [0, 0.1) is 5.92 Å². The topological polar surface area (TPSA) is 54.5 Å². The van der Waals surface area contributed by atoms with Crippen molar-refractivity contribution in [1.29, 1.82) is 0 Å². The van der Waals surface area contributed by atoms with E-state index >= 15 is 0 Å². The molecule has 1 atom stereocenters. The Kier molecular flexibility index (Phi) is 3.68. The average Bonchev–Trinajstić information content (AvgIpc) is 2.70. The Morgan fingerprint density at radius 2 is 2.17 bits per heavy atom. The standard InChI is InChI=1S/C12H15NO3S2/c1-18(15,16)11-4-2-3-10(6-11)13-7-9(8-17)5-12(13)14/h2-4,6,9,17H,5,7-8H2,1H3. The minimum absolute atomic E-state index is 0.0275. The molecule has 0 aromatic heterocycles. The van der Waals surface area contributed by atoms with Crippen molar-refractivity contribution < 1.29 is 13.2 Å². The lowest BCUT2D eigenvalue weighted by Gasteiger charge is -2.17. The summed E-state index contributed by atoms with van der Waals surface area (Å²) in [7, 11) is -3.24. The highest BCUT2D eigenvalue weighted by Gasteiger charge is 2.29. The predicted octanol–water partition coefficient (Wildman–Crippen LogP) is 1.37. The van der Waals surface area contributed by atoms with Crippen molar-refractivity contribution in [2.45, 2.75) is 11.3 Å². The smallest absolute Gasteiger partial charge is 0.227 e. The molecular formula is C12H15NO3S2. The van der Waals surface area contributed by atoms with Gasteiger partial charge in [0.1, 0.15) is 0 Å². The first-order valence-corrected chi connectivity index (χ1v) is 8.15. The summed E-state index contributed by atoms with van der Waals surface area (Å²) in [6.07, 6.45) is 1.64. The summed E-state index contributed by atoms with van der Waals surface area (Å²) >= 11 is 4.20. The van der Waals surface area contributed by atoms with Crippen LogP contribution in [0.4, 0.5) is 5.69 Å². The van der Waals surface area contributed by atoms with Crippen molar-refractivity contribution in [3.05, 3.63) is 24.3 Å². The maximum Gasteiger partial charge on any atom is 0.227 e. The van der Waals surface area contributed by atoms with Crippen molar-refractivity contribution in [3.8, 4) is 0 Å². The molecule has 1 saturated heterocycles. The van der Waals surface area contributed by atoms with Gasteiger partial charge in [0.2, 0.25) is 5.91 Å². The molecule has 1 aromatic rings. The Labute approximate surface area is 112 Å². The summed E-state index contributed by atoms with van der Waals surface area (Å²) in [5.41, 5.74) is 0.646. The number of nitrogens with zero attached hydrogens (tertiary/aromatic N) is 1. The van der Waals surface area contributed by atoms with E-state index in [-0.39, 0.29) is 16.7 Å². The van der Waals surface area contributed by atoms with Gasteiger partial charge in [0, 0.05) is 24.9 Å². The highest BCUT2D eigenvalue weighted by molar-refractivity contribution is 7.90. The maximum atomic E-state index is 11.8. The Hall–Kier alpha value is -1.01. The lowest BCUT2D eigenvalue weighted by Crippen LogP contribution is -2.24. The normalized spacial score (nSPS) is 20.4. The van der Waals surface area contributed by atoms with E-state index in [4.69, 9.17) is 0 Å². The second kappa shape index (κ2) is 4.93. The van der Waals surface area contributed by atoms with Crippen LogP contribution in [0.1, 0.15) is 6.42 Å². The molecule has 6 heteroatoms. The summed E-state index contributed by atoms with van der Waals surface area (Å²) in [4.78, 5) is 13.7. The quantitative estimate of drug-likeness (QED) is 0.854. The molecule has 4 nitrogen and oxygen atoms in total. The Morgan fingerprint density at radius 3 is 2.72 bits per heavy atom. The first kappa shape index (κ1) is 13.4. The van der Waals surface area contributed by atoms with Crippen LogP contribution in [0.25, 0.3) is 0 Å². The van der Waals surface area contributed by atoms with Gasteiger partial charge in [0.05, 0.1) is 4.90 Å². The molecule has 1 heterocycles. The monoisotopic (exact) mass is 285 g/mol. The number of sulfone groups is 1. The minimum atomic E-state index is -3.24. The van der Waals surface area contributed by atoms with Crippen molar-refractivity contribution in [1.82, 2.24) is 0 Å². The molecule has 98 valence electrons. The molecule has 1 unspecified atom stereocenters. The van der Waals surface area contributed by atoms with Crippen molar-refractivity contribution in [2.24, 2.45) is 5.92 Å². The number of thiol groups is 1. The van der Waals surface area contributed by atoms with Crippen LogP contribution in [-0.4, -0.2) is 32.9 Å². The number of benzene rings is 1. The first-order chi connectivity index (χ1) is 8.41. The highest BCUT2D eigenvalue weighted by Crippen LogP contribution is 2.27. The van der Waals surface area contributed by atoms with E-state index in [0.717, 1.165) is 6.26 Å². The van der Waals surface area contributed by atoms with Crippen molar-refractivity contribution in [3.63, 3.8) is 0 Å². The zero-order valence-electron chi connectivity index (χ0n) is 10.0. The second-order valence-corrected chi connectivity index (χ2v) is 6.91. The van der Waals surface area contributed by atoms with Crippen LogP contribution in [0.15, 0.2) is 29.2 Å². The molecular weight excluding hydrogens is 270 g/mol. The van der Waals surface area contributed by atoms with Crippen molar-refractivity contribution in [2.75, 3.05) is 23.5 Å². The molecule has 1 amide bonds. The Balaban J connectivity index is 2.32. The van der Waals surface area contributed by atoms with E-state index in [9.17, 15) is 13.2 Å². The average molecular weight is 285 g/mol. The van der Waals surface area contributed by atoms with E-state index in [0.29, 0.717) is 24.4 Å². The van der Waals surface area contributed by atoms with E-state index < -0.39 is 9.84 Å². The van der Waals surface area contributed by atoms with Gasteiger partial charge in [-0.15, -0.1) is 0 Å². The van der Waals surface area contributed by atoms with Gasteiger partial charge in [-0.25, -0.2) is 8.42 Å². The summed E-state index contributed by atoms with van der Waals surface area (Å²) in [5, 5.41) is 0. The van der Waals surface area contributed by atoms with E-state index in [1.165, 1.54) is 6.07 Å². The highest BCUT2D eigenvalue weighted by atomic mass is 32.2. The third-order valence-corrected chi connectivity index (χ3v) is 4.65. The number of hydrogen-bond donors (Lipinski definition) is 1. The summed E-state index contributed by atoms with van der Waals surface area (Å²) in [5.74, 6) is 0.927. The van der Waals surface area contributed by atoms with Gasteiger partial charge in [-0.2, -0.15) is 12.6 Å². The van der Waals surface area contributed by atoms with E-state index in [1.807, 2.05) is 0 Å². The van der Waals surface area contributed by atoms with E-state index in [1.54, 1.807) is 23.1 Å². The van der Waals surface area contributed by atoms with Crippen LogP contribution in [0.5, 0.6) is 0 Å². The van der Waals surface area contributed by atoms with Gasteiger partial charge >= 0.3 is 0 Å². The molecule has 0 radical (unpaired) electrons. The van der Waals surface area contributed by atoms with Gasteiger partial charge < -0.3 is 4.90 Å². The fraction of sp³-hybridized carbons (Fsp3) is 0.417. The molecule has 1 aromatic carbocycles. The summed E-state index contributed by atoms with van der Waals surface area (Å²) in [6.45, 7) is 0.607. The lowest BCUT2D eigenvalue weighted by molar-refractivity contribution is -0.117. The largest absolute Gasteiger partial charge is 0.312 e. The molecule has 2 rings (SSSR count). The Bertz CT molecular complexity index is 568. The Morgan fingerprint density at radius 1 is 1.44 bits per heavy atom. The molecule has 0 N–H and O–H groups in total. The third kappa shape index (κ3) is 2.70. The zero-order chi connectivity index (χ0) is 13.3. The molecule has 1 aliphatic rings. The van der Waals surface area contributed by atoms with Crippen LogP contribution in [0.2, 0.25) is 0 Å². The van der Waals surface area contributed by atoms with Crippen LogP contribution in [-0.2, 0) is 14.6 Å². The summed E-state index contributed by atoms with van der Waals surface area (Å²) in [6, 6.07) is 6.50. The van der Waals surface area contributed by atoms with Gasteiger partial charge in [-0.05, 0) is 29.9 Å². The maximum absolute atomic E-state index is 11.8. The molecule has 1 fully saturated rings. The SMILES string of the molecule is CS(=O)(=O)c1cccc(N2CC(CS)CC2=O)c1. The number of anilines is 1. The number of hydrogen-bond acceptors (Lipinski definition) is 4. The fourth-order valence-corrected chi connectivity index (χ4v) is 2.94. The summed E-state index contributed by atoms with van der Waals surface area (Å²) < 4.78 is 23.0. The van der Waals surface area contributed by atoms with Crippen LogP contribution < -0.4 is 4.90 Å². The van der Waals surface area contributed by atoms with Crippen LogP contribution >= 0.6 is 12.6 Å². The number of carbonyl (C=O) groups is 1. The van der Waals surface area contributed by atoms with Gasteiger partial charge in [0.25, 0.3) is 0 Å².